The lowest BCUT2D eigenvalue weighted by Gasteiger charge is -2.08. The fourth-order valence-corrected chi connectivity index (χ4v) is 2.71. The van der Waals surface area contributed by atoms with Gasteiger partial charge in [-0.05, 0) is 69.9 Å². The van der Waals surface area contributed by atoms with Crippen LogP contribution in [0, 0.1) is 12.8 Å². The lowest BCUT2D eigenvalue weighted by Crippen LogP contribution is -1.90. The van der Waals surface area contributed by atoms with Crippen LogP contribution in [0.15, 0.2) is 71.9 Å². The van der Waals surface area contributed by atoms with Gasteiger partial charge in [0.15, 0.2) is 0 Å². The molecule has 0 unspecified atom stereocenters. The van der Waals surface area contributed by atoms with Crippen molar-refractivity contribution in [2.24, 2.45) is 5.92 Å². The zero-order valence-electron chi connectivity index (χ0n) is 19.8. The molecular weight excluding hydrogens is 352 g/mol. The second kappa shape index (κ2) is 19.5. The Morgan fingerprint density at radius 1 is 0.862 bits per heavy atom. The second-order valence-corrected chi connectivity index (χ2v) is 7.86. The lowest BCUT2D eigenvalue weighted by molar-refractivity contribution is 0.581. The summed E-state index contributed by atoms with van der Waals surface area (Å²) in [5.41, 5.74) is 5.98. The number of rotatable bonds is 10. The van der Waals surface area contributed by atoms with E-state index in [1.165, 1.54) is 36.8 Å². The molecule has 0 aliphatic carbocycles. The molecule has 0 heterocycles. The molecule has 1 heteroatoms. The molecule has 0 bridgehead atoms. The average molecular weight is 398 g/mol. The van der Waals surface area contributed by atoms with Crippen LogP contribution in [0.2, 0.25) is 0 Å². The topological polar surface area (TPSA) is 31.5 Å². The van der Waals surface area contributed by atoms with Crippen LogP contribution in [-0.2, 0) is 12.8 Å². The summed E-state index contributed by atoms with van der Waals surface area (Å²) in [4.78, 5) is 0. The van der Waals surface area contributed by atoms with Crippen molar-refractivity contribution in [2.45, 2.75) is 80.1 Å². The first-order chi connectivity index (χ1) is 13.4. The number of benzene rings is 1. The van der Waals surface area contributed by atoms with Gasteiger partial charge in [0.2, 0.25) is 0 Å². The number of allylic oxidation sites excluding steroid dienone is 8. The van der Waals surface area contributed by atoms with E-state index in [-0.39, 0.29) is 5.48 Å². The van der Waals surface area contributed by atoms with Gasteiger partial charge < -0.3 is 5.48 Å². The maximum Gasteiger partial charge on any atom is -0.00943 e. The van der Waals surface area contributed by atoms with Crippen molar-refractivity contribution in [3.63, 3.8) is 0 Å². The Morgan fingerprint density at radius 3 is 1.93 bits per heavy atom. The Labute approximate surface area is 181 Å². The second-order valence-electron chi connectivity index (χ2n) is 7.86. The highest BCUT2D eigenvalue weighted by Crippen LogP contribution is 2.17. The van der Waals surface area contributed by atoms with Crippen LogP contribution in [0.5, 0.6) is 0 Å². The van der Waals surface area contributed by atoms with Crippen molar-refractivity contribution in [1.82, 2.24) is 0 Å². The fourth-order valence-electron chi connectivity index (χ4n) is 2.71. The average Bonchev–Trinajstić information content (AvgIpc) is 2.70. The minimum absolute atomic E-state index is 0. The quantitative estimate of drug-likeness (QED) is 0.283. The van der Waals surface area contributed by atoms with E-state index in [9.17, 15) is 0 Å². The molecule has 1 nitrogen and oxygen atoms in total. The van der Waals surface area contributed by atoms with Crippen LogP contribution in [0.3, 0.4) is 0 Å². The first-order valence-corrected chi connectivity index (χ1v) is 10.9. The van der Waals surface area contributed by atoms with E-state index in [2.05, 4.69) is 84.9 Å². The zero-order chi connectivity index (χ0) is 21.2. The van der Waals surface area contributed by atoms with Crippen molar-refractivity contribution < 1.29 is 5.48 Å². The molecule has 0 atom stereocenters. The summed E-state index contributed by atoms with van der Waals surface area (Å²) in [5, 5.41) is 0. The largest absolute Gasteiger partial charge is 0.412 e. The molecule has 0 saturated heterocycles. The highest BCUT2D eigenvalue weighted by molar-refractivity contribution is 5.24. The summed E-state index contributed by atoms with van der Waals surface area (Å²) in [6.45, 7) is 17.2. The molecule has 1 rings (SSSR count). The smallest absolute Gasteiger partial charge is 0.00943 e. The molecule has 0 spiro atoms. The van der Waals surface area contributed by atoms with Crippen molar-refractivity contribution in [1.29, 1.82) is 0 Å². The van der Waals surface area contributed by atoms with Gasteiger partial charge >= 0.3 is 0 Å². The van der Waals surface area contributed by atoms with Crippen molar-refractivity contribution in [3.05, 3.63) is 89.9 Å². The Balaban J connectivity index is 0. The molecule has 2 N–H and O–H groups in total. The molecule has 0 amide bonds. The molecule has 1 aromatic carbocycles. The zero-order valence-corrected chi connectivity index (χ0v) is 19.8. The monoisotopic (exact) mass is 397 g/mol. The van der Waals surface area contributed by atoms with Crippen LogP contribution in [0.1, 0.15) is 78.4 Å². The van der Waals surface area contributed by atoms with Gasteiger partial charge in [-0.2, -0.15) is 0 Å². The molecule has 1 radical (unpaired) electrons. The van der Waals surface area contributed by atoms with E-state index in [1.807, 2.05) is 18.2 Å². The minimum Gasteiger partial charge on any atom is -0.412 e. The predicted molar refractivity (Wildman–Crippen MR) is 133 cm³/mol. The Morgan fingerprint density at radius 2 is 1.41 bits per heavy atom. The summed E-state index contributed by atoms with van der Waals surface area (Å²) >= 11 is 0. The van der Waals surface area contributed by atoms with Gasteiger partial charge in [0.1, 0.15) is 0 Å². The highest BCUT2D eigenvalue weighted by atomic mass is 16.0. The fraction of sp³-hybridized carbons (Fsp3) is 0.464. The maximum atomic E-state index is 3.61. The summed E-state index contributed by atoms with van der Waals surface area (Å²) < 4.78 is 0. The highest BCUT2D eigenvalue weighted by Gasteiger charge is 1.98. The van der Waals surface area contributed by atoms with Crippen molar-refractivity contribution >= 4 is 0 Å². The third kappa shape index (κ3) is 16.8. The number of aryl methyl sites for hydroxylation is 1. The molecule has 0 aliphatic rings. The van der Waals surface area contributed by atoms with Crippen LogP contribution < -0.4 is 0 Å². The Bertz CT molecular complexity index is 612. The van der Waals surface area contributed by atoms with Crippen LogP contribution >= 0.6 is 0 Å². The van der Waals surface area contributed by atoms with Gasteiger partial charge in [0, 0.05) is 0 Å². The molecule has 0 aromatic heterocycles. The normalized spacial score (nSPS) is 12.3. The molecule has 0 saturated carbocycles. The summed E-state index contributed by atoms with van der Waals surface area (Å²) in [6.07, 6.45) is 19.2. The van der Waals surface area contributed by atoms with Crippen LogP contribution in [-0.4, -0.2) is 5.48 Å². The molecule has 163 valence electrons. The van der Waals surface area contributed by atoms with E-state index in [0.717, 1.165) is 18.8 Å². The first kappa shape index (κ1) is 29.3. The van der Waals surface area contributed by atoms with E-state index in [1.54, 1.807) is 17.2 Å². The Hall–Kier alpha value is -1.86. The van der Waals surface area contributed by atoms with Gasteiger partial charge in [-0.15, -0.1) is 0 Å². The molecule has 29 heavy (non-hydrogen) atoms. The Kier molecular flexibility index (Phi) is 19.7. The van der Waals surface area contributed by atoms with Gasteiger partial charge in [-0.25, -0.2) is 0 Å². The third-order valence-electron chi connectivity index (χ3n) is 4.84. The first-order valence-electron chi connectivity index (χ1n) is 10.9. The van der Waals surface area contributed by atoms with Crippen molar-refractivity contribution in [2.75, 3.05) is 0 Å². The van der Waals surface area contributed by atoms with Crippen molar-refractivity contribution in [3.8, 4) is 0 Å². The third-order valence-corrected chi connectivity index (χ3v) is 4.84. The van der Waals surface area contributed by atoms with Crippen LogP contribution in [0.25, 0.3) is 0 Å². The van der Waals surface area contributed by atoms with E-state index >= 15 is 0 Å². The number of hydrogen-bond donors (Lipinski definition) is 0. The van der Waals surface area contributed by atoms with E-state index in [4.69, 9.17) is 0 Å². The maximum absolute atomic E-state index is 3.61. The van der Waals surface area contributed by atoms with Crippen LogP contribution in [0.4, 0.5) is 0 Å². The summed E-state index contributed by atoms with van der Waals surface area (Å²) in [5.74, 6) is 0.842. The lowest BCUT2D eigenvalue weighted by atomic mass is 9.98. The molecule has 1 aromatic rings. The minimum atomic E-state index is 0. The van der Waals surface area contributed by atoms with Gasteiger partial charge in [0.25, 0.3) is 0 Å². The molecule has 0 aliphatic heterocycles. The molecular formula is C28H45O. The van der Waals surface area contributed by atoms with E-state index < -0.39 is 0 Å². The number of hydrogen-bond acceptors (Lipinski definition) is 0. The summed E-state index contributed by atoms with van der Waals surface area (Å²) in [6, 6.07) is 8.79. The SMILES string of the molecule is CCC/C(C)=C(\C)CCC(C)C.O.[CH2]\C=C/C=C\C=C\Cc1ccc(CC)cc1. The molecule has 0 fully saturated rings. The van der Waals surface area contributed by atoms with E-state index in [0.29, 0.717) is 0 Å². The predicted octanol–water partition coefficient (Wildman–Crippen LogP) is 8.03. The summed E-state index contributed by atoms with van der Waals surface area (Å²) in [7, 11) is 0. The standard InChI is InChI=1S/C16H19.C12H24.H2O/c1-3-5-6-7-8-9-10-16-13-11-15(4-2)12-14-16;1-6-7-11(4)12(5)9-8-10(2)3;/h3,5-9,11-14H,1,4,10H2,2H3;10H,6-9H2,1-5H3;1H2/b5-3-,7-6-,9-8+;12-11+;. The van der Waals surface area contributed by atoms with Gasteiger partial charge in [-0.3, -0.25) is 0 Å². The van der Waals surface area contributed by atoms with Gasteiger partial charge in [-0.1, -0.05) is 106 Å². The van der Waals surface area contributed by atoms with Gasteiger partial charge in [0.05, 0.1) is 0 Å².